The summed E-state index contributed by atoms with van der Waals surface area (Å²) in [6.07, 6.45) is 2.76. The van der Waals surface area contributed by atoms with E-state index in [1.165, 1.54) is 24.5 Å². The van der Waals surface area contributed by atoms with Gasteiger partial charge < -0.3 is 5.32 Å². The molecule has 2 aromatic rings. The molecule has 23 heavy (non-hydrogen) atoms. The van der Waals surface area contributed by atoms with Gasteiger partial charge in [0, 0.05) is 30.2 Å². The predicted octanol–water partition coefficient (Wildman–Crippen LogP) is 2.27. The lowest BCUT2D eigenvalue weighted by molar-refractivity contribution is 0.0949. The van der Waals surface area contributed by atoms with Gasteiger partial charge in [-0.15, -0.1) is 0 Å². The Hall–Kier alpha value is -2.41. The van der Waals surface area contributed by atoms with E-state index < -0.39 is 10.0 Å². The van der Waals surface area contributed by atoms with Gasteiger partial charge in [-0.05, 0) is 36.2 Å². The minimum absolute atomic E-state index is 0.0645. The third-order valence-electron chi connectivity index (χ3n) is 2.99. The SMILES string of the molecule is CC(C)CNC(=O)c1cccc(NS(=O)(=O)c2cccnc2)c1. The largest absolute Gasteiger partial charge is 0.352 e. The van der Waals surface area contributed by atoms with Crippen molar-refractivity contribution in [1.29, 1.82) is 0 Å². The fraction of sp³-hybridized carbons (Fsp3) is 0.250. The Morgan fingerprint density at radius 2 is 2.00 bits per heavy atom. The summed E-state index contributed by atoms with van der Waals surface area (Å²) >= 11 is 0. The van der Waals surface area contributed by atoms with Crippen molar-refractivity contribution < 1.29 is 13.2 Å². The summed E-state index contributed by atoms with van der Waals surface area (Å²) in [5, 5.41) is 2.79. The second-order valence-corrected chi connectivity index (χ2v) is 7.16. The first-order chi connectivity index (χ1) is 10.9. The van der Waals surface area contributed by atoms with Crippen LogP contribution in [0.1, 0.15) is 24.2 Å². The van der Waals surface area contributed by atoms with Crippen LogP contribution in [0.5, 0.6) is 0 Å². The molecule has 6 nitrogen and oxygen atoms in total. The van der Waals surface area contributed by atoms with Gasteiger partial charge >= 0.3 is 0 Å². The molecule has 1 aromatic heterocycles. The molecule has 2 N–H and O–H groups in total. The highest BCUT2D eigenvalue weighted by molar-refractivity contribution is 7.92. The Labute approximate surface area is 136 Å². The molecule has 122 valence electrons. The molecule has 2 rings (SSSR count). The molecule has 0 atom stereocenters. The lowest BCUT2D eigenvalue weighted by atomic mass is 10.1. The number of nitrogens with one attached hydrogen (secondary N) is 2. The minimum atomic E-state index is -3.73. The molecule has 0 bridgehead atoms. The lowest BCUT2D eigenvalue weighted by Crippen LogP contribution is -2.27. The van der Waals surface area contributed by atoms with Crippen LogP contribution in [0.3, 0.4) is 0 Å². The molecule has 0 unspecified atom stereocenters. The van der Waals surface area contributed by atoms with E-state index in [1.54, 1.807) is 24.3 Å². The fourth-order valence-corrected chi connectivity index (χ4v) is 2.86. The maximum Gasteiger partial charge on any atom is 0.263 e. The Balaban J connectivity index is 2.16. The van der Waals surface area contributed by atoms with Crippen LogP contribution in [0.15, 0.2) is 53.7 Å². The number of carbonyl (C=O) groups excluding carboxylic acids is 1. The van der Waals surface area contributed by atoms with E-state index in [1.807, 2.05) is 13.8 Å². The quantitative estimate of drug-likeness (QED) is 0.849. The van der Waals surface area contributed by atoms with Gasteiger partial charge in [0.2, 0.25) is 0 Å². The van der Waals surface area contributed by atoms with Crippen LogP contribution in [0.4, 0.5) is 5.69 Å². The molecule has 0 aliphatic carbocycles. The number of hydrogen-bond acceptors (Lipinski definition) is 4. The van der Waals surface area contributed by atoms with Crippen molar-refractivity contribution >= 4 is 21.6 Å². The highest BCUT2D eigenvalue weighted by atomic mass is 32.2. The van der Waals surface area contributed by atoms with Crippen molar-refractivity contribution in [2.45, 2.75) is 18.7 Å². The summed E-state index contributed by atoms with van der Waals surface area (Å²) in [5.74, 6) is 0.104. The third kappa shape index (κ3) is 4.79. The molecule has 7 heteroatoms. The van der Waals surface area contributed by atoms with Gasteiger partial charge in [0.15, 0.2) is 0 Å². The van der Waals surface area contributed by atoms with Crippen LogP contribution < -0.4 is 10.0 Å². The van der Waals surface area contributed by atoms with E-state index in [2.05, 4.69) is 15.0 Å². The van der Waals surface area contributed by atoms with Crippen molar-refractivity contribution in [2.75, 3.05) is 11.3 Å². The summed E-state index contributed by atoms with van der Waals surface area (Å²) in [5.41, 5.74) is 0.725. The van der Waals surface area contributed by atoms with Gasteiger partial charge in [0.05, 0.1) is 0 Å². The van der Waals surface area contributed by atoms with Gasteiger partial charge in [-0.3, -0.25) is 14.5 Å². The maximum atomic E-state index is 12.2. The average Bonchev–Trinajstić information content (AvgIpc) is 2.53. The normalized spacial score (nSPS) is 11.3. The van der Waals surface area contributed by atoms with Crippen LogP contribution in [0.25, 0.3) is 0 Å². The summed E-state index contributed by atoms with van der Waals surface area (Å²) in [4.78, 5) is 15.9. The number of anilines is 1. The van der Waals surface area contributed by atoms with Crippen LogP contribution in [0.2, 0.25) is 0 Å². The second-order valence-electron chi connectivity index (χ2n) is 5.48. The summed E-state index contributed by atoms with van der Waals surface area (Å²) < 4.78 is 26.9. The topological polar surface area (TPSA) is 88.2 Å². The number of rotatable bonds is 6. The zero-order chi connectivity index (χ0) is 16.9. The molecule has 0 saturated carbocycles. The number of amides is 1. The molecule has 1 amide bonds. The molecule has 1 heterocycles. The van der Waals surface area contributed by atoms with Gasteiger partial charge in [-0.25, -0.2) is 8.42 Å². The Bertz CT molecular complexity index is 774. The predicted molar refractivity (Wildman–Crippen MR) is 88.7 cm³/mol. The average molecular weight is 333 g/mol. The molecule has 0 saturated heterocycles. The van der Waals surface area contributed by atoms with E-state index in [9.17, 15) is 13.2 Å². The highest BCUT2D eigenvalue weighted by Gasteiger charge is 2.15. The number of hydrogen-bond donors (Lipinski definition) is 2. The van der Waals surface area contributed by atoms with Crippen LogP contribution >= 0.6 is 0 Å². The third-order valence-corrected chi connectivity index (χ3v) is 4.36. The van der Waals surface area contributed by atoms with E-state index in [0.29, 0.717) is 23.7 Å². The van der Waals surface area contributed by atoms with Crippen LogP contribution in [-0.2, 0) is 10.0 Å². The number of carbonyl (C=O) groups is 1. The second kappa shape index (κ2) is 7.23. The first-order valence-corrected chi connectivity index (χ1v) is 8.68. The smallest absolute Gasteiger partial charge is 0.263 e. The van der Waals surface area contributed by atoms with E-state index >= 15 is 0 Å². The van der Waals surface area contributed by atoms with Crippen molar-refractivity contribution in [3.8, 4) is 0 Å². The van der Waals surface area contributed by atoms with Crippen LogP contribution in [0, 0.1) is 5.92 Å². The monoisotopic (exact) mass is 333 g/mol. The Morgan fingerprint density at radius 1 is 1.22 bits per heavy atom. The summed E-state index contributed by atoms with van der Waals surface area (Å²) in [6.45, 7) is 4.56. The number of nitrogens with zero attached hydrogens (tertiary/aromatic N) is 1. The molecule has 0 fully saturated rings. The number of benzene rings is 1. The van der Waals surface area contributed by atoms with E-state index in [-0.39, 0.29) is 10.8 Å². The highest BCUT2D eigenvalue weighted by Crippen LogP contribution is 2.16. The Kier molecular flexibility index (Phi) is 5.33. The molecular formula is C16H19N3O3S. The summed E-state index contributed by atoms with van der Waals surface area (Å²) in [6, 6.07) is 9.36. The van der Waals surface area contributed by atoms with Gasteiger partial charge in [0.25, 0.3) is 15.9 Å². The molecule has 0 aliphatic rings. The molecule has 0 aliphatic heterocycles. The zero-order valence-electron chi connectivity index (χ0n) is 13.0. The number of pyridine rings is 1. The zero-order valence-corrected chi connectivity index (χ0v) is 13.8. The number of aromatic nitrogens is 1. The first-order valence-electron chi connectivity index (χ1n) is 7.19. The maximum absolute atomic E-state index is 12.2. The Morgan fingerprint density at radius 3 is 2.65 bits per heavy atom. The van der Waals surface area contributed by atoms with E-state index in [4.69, 9.17) is 0 Å². The van der Waals surface area contributed by atoms with Gasteiger partial charge in [0.1, 0.15) is 4.90 Å². The molecule has 1 aromatic carbocycles. The van der Waals surface area contributed by atoms with Crippen molar-refractivity contribution in [3.05, 3.63) is 54.4 Å². The molecule has 0 radical (unpaired) electrons. The van der Waals surface area contributed by atoms with E-state index in [0.717, 1.165) is 0 Å². The van der Waals surface area contributed by atoms with Crippen LogP contribution in [-0.4, -0.2) is 25.9 Å². The molecular weight excluding hydrogens is 314 g/mol. The molecule has 0 spiro atoms. The summed E-state index contributed by atoms with van der Waals surface area (Å²) in [7, 11) is -3.73. The van der Waals surface area contributed by atoms with Gasteiger partial charge in [-0.1, -0.05) is 19.9 Å². The lowest BCUT2D eigenvalue weighted by Gasteiger charge is -2.10. The van der Waals surface area contributed by atoms with Crippen molar-refractivity contribution in [1.82, 2.24) is 10.3 Å². The first kappa shape index (κ1) is 17.0. The standard InChI is InChI=1S/C16H19N3O3S/c1-12(2)10-18-16(20)13-5-3-6-14(9-13)19-23(21,22)15-7-4-8-17-11-15/h3-9,11-12,19H,10H2,1-2H3,(H,18,20). The van der Waals surface area contributed by atoms with Crippen molar-refractivity contribution in [3.63, 3.8) is 0 Å². The minimum Gasteiger partial charge on any atom is -0.352 e. The number of sulfonamides is 1. The van der Waals surface area contributed by atoms with Gasteiger partial charge in [-0.2, -0.15) is 0 Å². The van der Waals surface area contributed by atoms with Crippen molar-refractivity contribution in [2.24, 2.45) is 5.92 Å². The fourth-order valence-electron chi connectivity index (χ4n) is 1.84.